The molecule has 2 heterocycles. The van der Waals surface area contributed by atoms with E-state index in [1.54, 1.807) is 14.0 Å². The average Bonchev–Trinajstić information content (AvgIpc) is 3.01. The van der Waals surface area contributed by atoms with Crippen LogP contribution >= 0.6 is 0 Å². The van der Waals surface area contributed by atoms with Crippen molar-refractivity contribution in [2.45, 2.75) is 63.7 Å². The highest BCUT2D eigenvalue weighted by Gasteiger charge is 2.42. The minimum atomic E-state index is -1.13. The highest BCUT2D eigenvalue weighted by molar-refractivity contribution is 5.94. The molecule has 4 N–H and O–H groups in total. The molecule has 158 valence electrons. The molecule has 1 aliphatic carbocycles. The maximum atomic E-state index is 13.2. The SMILES string of the molecule is CNC(C)C(=O)NC1CCc2ccn3c2C1C(=O)CC(C(=O)NC(C)C(=O)O)C3. The molecule has 0 radical (unpaired) electrons. The fourth-order valence-corrected chi connectivity index (χ4v) is 4.16. The Bertz CT molecular complexity index is 833. The zero-order chi connectivity index (χ0) is 21.3. The number of aryl methyl sites for hydroxylation is 1. The number of rotatable bonds is 6. The summed E-state index contributed by atoms with van der Waals surface area (Å²) in [6, 6.07) is 0.234. The molecule has 0 aromatic carbocycles. The monoisotopic (exact) mass is 404 g/mol. The van der Waals surface area contributed by atoms with Crippen molar-refractivity contribution in [3.63, 3.8) is 0 Å². The van der Waals surface area contributed by atoms with Crippen LogP contribution in [0.1, 0.15) is 43.9 Å². The molecule has 1 aromatic rings. The van der Waals surface area contributed by atoms with E-state index < -0.39 is 29.8 Å². The molecule has 0 fully saturated rings. The van der Waals surface area contributed by atoms with Gasteiger partial charge in [0, 0.05) is 30.9 Å². The van der Waals surface area contributed by atoms with Crippen molar-refractivity contribution in [2.75, 3.05) is 7.05 Å². The summed E-state index contributed by atoms with van der Waals surface area (Å²) in [4.78, 5) is 49.2. The fraction of sp³-hybridized carbons (Fsp3) is 0.600. The molecule has 3 rings (SSSR count). The smallest absolute Gasteiger partial charge is 0.325 e. The Labute approximate surface area is 169 Å². The first kappa shape index (κ1) is 21.0. The number of nitrogens with zero attached hydrogens (tertiary/aromatic N) is 1. The molecule has 1 aromatic heterocycles. The van der Waals surface area contributed by atoms with Gasteiger partial charge in [0.25, 0.3) is 0 Å². The van der Waals surface area contributed by atoms with Crippen LogP contribution in [0.25, 0.3) is 0 Å². The molecule has 29 heavy (non-hydrogen) atoms. The van der Waals surface area contributed by atoms with E-state index >= 15 is 0 Å². The molecule has 1 aliphatic heterocycles. The van der Waals surface area contributed by atoms with Gasteiger partial charge in [0.2, 0.25) is 11.8 Å². The summed E-state index contributed by atoms with van der Waals surface area (Å²) in [5.41, 5.74) is 1.93. The van der Waals surface area contributed by atoms with Crippen LogP contribution in [0.4, 0.5) is 0 Å². The Kier molecular flexibility index (Phi) is 6.07. The minimum Gasteiger partial charge on any atom is -0.480 e. The van der Waals surface area contributed by atoms with Crippen molar-refractivity contribution in [3.05, 3.63) is 23.5 Å². The van der Waals surface area contributed by atoms with E-state index in [1.165, 1.54) is 6.92 Å². The van der Waals surface area contributed by atoms with E-state index in [4.69, 9.17) is 5.11 Å². The highest BCUT2D eigenvalue weighted by atomic mass is 16.4. The van der Waals surface area contributed by atoms with Crippen LogP contribution in [0.2, 0.25) is 0 Å². The molecule has 9 heteroatoms. The van der Waals surface area contributed by atoms with Crippen LogP contribution < -0.4 is 16.0 Å². The van der Waals surface area contributed by atoms with Gasteiger partial charge in [-0.1, -0.05) is 0 Å². The third kappa shape index (κ3) is 4.19. The van der Waals surface area contributed by atoms with Crippen molar-refractivity contribution in [1.82, 2.24) is 20.5 Å². The Hall–Kier alpha value is -2.68. The van der Waals surface area contributed by atoms with Crippen LogP contribution in [-0.4, -0.2) is 58.4 Å². The van der Waals surface area contributed by atoms with E-state index in [0.29, 0.717) is 13.0 Å². The van der Waals surface area contributed by atoms with E-state index in [2.05, 4.69) is 16.0 Å². The summed E-state index contributed by atoms with van der Waals surface area (Å²) in [5.74, 6) is -3.00. The number of aromatic nitrogens is 1. The number of ketones is 1. The molecule has 0 saturated carbocycles. The average molecular weight is 404 g/mol. The highest BCUT2D eigenvalue weighted by Crippen LogP contribution is 2.38. The molecule has 9 nitrogen and oxygen atoms in total. The lowest BCUT2D eigenvalue weighted by Crippen LogP contribution is -2.50. The lowest BCUT2D eigenvalue weighted by molar-refractivity contribution is -0.142. The van der Waals surface area contributed by atoms with Gasteiger partial charge in [-0.15, -0.1) is 0 Å². The van der Waals surface area contributed by atoms with Crippen LogP contribution in [0, 0.1) is 5.92 Å². The van der Waals surface area contributed by atoms with E-state index in [1.807, 2.05) is 16.8 Å². The zero-order valence-electron chi connectivity index (χ0n) is 16.9. The summed E-state index contributed by atoms with van der Waals surface area (Å²) in [6.07, 6.45) is 3.29. The number of carbonyl (C=O) groups excluding carboxylic acids is 3. The largest absolute Gasteiger partial charge is 0.480 e. The molecular weight excluding hydrogens is 376 g/mol. The molecule has 5 unspecified atom stereocenters. The number of amides is 2. The first-order valence-corrected chi connectivity index (χ1v) is 9.94. The van der Waals surface area contributed by atoms with Crippen molar-refractivity contribution in [2.24, 2.45) is 5.92 Å². The van der Waals surface area contributed by atoms with Gasteiger partial charge in [-0.05, 0) is 45.4 Å². The third-order valence-electron chi connectivity index (χ3n) is 5.98. The normalized spacial score (nSPS) is 25.3. The molecular formula is C20H28N4O5. The topological polar surface area (TPSA) is 130 Å². The third-order valence-corrected chi connectivity index (χ3v) is 5.98. The quantitative estimate of drug-likeness (QED) is 0.519. The first-order chi connectivity index (χ1) is 13.7. The lowest BCUT2D eigenvalue weighted by atomic mass is 9.79. The number of carboxylic acid groups (broad SMARTS) is 1. The van der Waals surface area contributed by atoms with Crippen molar-refractivity contribution >= 4 is 23.6 Å². The van der Waals surface area contributed by atoms with E-state index in [-0.39, 0.29) is 30.2 Å². The van der Waals surface area contributed by atoms with Crippen LogP contribution in [-0.2, 0) is 32.1 Å². The Morgan fingerprint density at radius 1 is 1.24 bits per heavy atom. The van der Waals surface area contributed by atoms with Crippen molar-refractivity contribution < 1.29 is 24.3 Å². The number of likely N-dealkylation sites (N-methyl/N-ethyl adjacent to an activating group) is 1. The summed E-state index contributed by atoms with van der Waals surface area (Å²) in [6.45, 7) is 3.46. The van der Waals surface area contributed by atoms with Gasteiger partial charge in [0.15, 0.2) is 0 Å². The predicted molar refractivity (Wildman–Crippen MR) is 104 cm³/mol. The predicted octanol–water partition coefficient (Wildman–Crippen LogP) is -0.211. The second kappa shape index (κ2) is 8.36. The van der Waals surface area contributed by atoms with E-state index in [0.717, 1.165) is 17.7 Å². The van der Waals surface area contributed by atoms with Gasteiger partial charge in [-0.25, -0.2) is 0 Å². The maximum absolute atomic E-state index is 13.2. The minimum absolute atomic E-state index is 0.0118. The number of nitrogens with one attached hydrogen (secondary N) is 3. The maximum Gasteiger partial charge on any atom is 0.325 e. The second-order valence-electron chi connectivity index (χ2n) is 7.96. The Balaban J connectivity index is 1.85. The number of carboxylic acids is 1. The van der Waals surface area contributed by atoms with Crippen molar-refractivity contribution in [1.29, 1.82) is 0 Å². The van der Waals surface area contributed by atoms with Crippen LogP contribution in [0.3, 0.4) is 0 Å². The molecule has 0 bridgehead atoms. The summed E-state index contributed by atoms with van der Waals surface area (Å²) in [7, 11) is 1.70. The molecule has 2 amide bonds. The number of Topliss-reactive ketones (excluding diaryl/α,β-unsaturated/α-hetero) is 1. The van der Waals surface area contributed by atoms with Gasteiger partial charge in [0.05, 0.1) is 17.9 Å². The Morgan fingerprint density at radius 3 is 2.62 bits per heavy atom. The number of hydrogen-bond donors (Lipinski definition) is 4. The zero-order valence-corrected chi connectivity index (χ0v) is 16.9. The Morgan fingerprint density at radius 2 is 1.97 bits per heavy atom. The summed E-state index contributed by atoms with van der Waals surface area (Å²) in [5, 5.41) is 17.4. The van der Waals surface area contributed by atoms with Gasteiger partial charge in [-0.3, -0.25) is 19.2 Å². The second-order valence-corrected chi connectivity index (χ2v) is 7.96. The fourth-order valence-electron chi connectivity index (χ4n) is 4.16. The van der Waals surface area contributed by atoms with Crippen LogP contribution in [0.5, 0.6) is 0 Å². The standard InChI is InChI=1S/C20H28N4O5/c1-10(21-3)18(26)23-14-5-4-12-6-7-24-9-13(8-15(25)16(14)17(12)24)19(27)22-11(2)20(28)29/h6-7,10-11,13-14,16,21H,4-5,8-9H2,1-3H3,(H,22,27)(H,23,26)(H,28,29). The molecule has 2 aliphatic rings. The van der Waals surface area contributed by atoms with Gasteiger partial charge < -0.3 is 25.6 Å². The molecule has 0 spiro atoms. The molecule has 5 atom stereocenters. The van der Waals surface area contributed by atoms with Gasteiger partial charge >= 0.3 is 5.97 Å². The number of carbonyl (C=O) groups is 4. The first-order valence-electron chi connectivity index (χ1n) is 9.94. The lowest BCUT2D eigenvalue weighted by Gasteiger charge is -2.32. The van der Waals surface area contributed by atoms with Crippen molar-refractivity contribution in [3.8, 4) is 0 Å². The van der Waals surface area contributed by atoms with E-state index in [9.17, 15) is 19.2 Å². The summed E-state index contributed by atoms with van der Waals surface area (Å²) >= 11 is 0. The molecule has 0 saturated heterocycles. The number of aliphatic carboxylic acids is 1. The number of hydrogen-bond acceptors (Lipinski definition) is 5. The summed E-state index contributed by atoms with van der Waals surface area (Å²) < 4.78 is 1.92. The van der Waals surface area contributed by atoms with Gasteiger partial charge in [-0.2, -0.15) is 0 Å². The van der Waals surface area contributed by atoms with Gasteiger partial charge in [0.1, 0.15) is 11.8 Å². The van der Waals surface area contributed by atoms with Crippen LogP contribution in [0.15, 0.2) is 12.3 Å².